The Hall–Kier alpha value is -1.36. The summed E-state index contributed by atoms with van der Waals surface area (Å²) in [4.78, 5) is 22.4. The third kappa shape index (κ3) is 5.50. The lowest BCUT2D eigenvalue weighted by Crippen LogP contribution is -2.39. The summed E-state index contributed by atoms with van der Waals surface area (Å²) < 4.78 is 0. The zero-order valence-corrected chi connectivity index (χ0v) is 9.42. The molecular weight excluding hydrogens is 206 g/mol. The van der Waals surface area contributed by atoms with E-state index in [0.29, 0.717) is 19.6 Å². The van der Waals surface area contributed by atoms with Crippen molar-refractivity contribution in [1.82, 2.24) is 16.0 Å². The van der Waals surface area contributed by atoms with Crippen LogP contribution in [0.2, 0.25) is 0 Å². The van der Waals surface area contributed by atoms with Gasteiger partial charge in [-0.1, -0.05) is 6.08 Å². The van der Waals surface area contributed by atoms with Crippen LogP contribution in [-0.4, -0.2) is 38.0 Å². The third-order valence-corrected chi connectivity index (χ3v) is 2.27. The lowest BCUT2D eigenvalue weighted by atomic mass is 10.4. The molecule has 0 saturated heterocycles. The largest absolute Gasteiger partial charge is 0.354 e. The van der Waals surface area contributed by atoms with Gasteiger partial charge < -0.3 is 16.0 Å². The van der Waals surface area contributed by atoms with E-state index in [0.717, 1.165) is 12.8 Å². The number of hydrogen-bond donors (Lipinski definition) is 3. The number of carbonyl (C=O) groups is 2. The second-order valence-corrected chi connectivity index (χ2v) is 3.83. The van der Waals surface area contributed by atoms with Crippen LogP contribution in [0.15, 0.2) is 12.7 Å². The van der Waals surface area contributed by atoms with Crippen LogP contribution >= 0.6 is 0 Å². The molecule has 16 heavy (non-hydrogen) atoms. The molecule has 0 aromatic carbocycles. The van der Waals surface area contributed by atoms with Gasteiger partial charge in [0.25, 0.3) is 0 Å². The molecule has 0 aromatic rings. The van der Waals surface area contributed by atoms with Crippen LogP contribution < -0.4 is 16.0 Å². The van der Waals surface area contributed by atoms with Crippen molar-refractivity contribution >= 4 is 11.8 Å². The number of amides is 2. The van der Waals surface area contributed by atoms with Gasteiger partial charge in [-0.15, -0.1) is 6.58 Å². The molecule has 1 aliphatic carbocycles. The molecule has 0 spiro atoms. The third-order valence-electron chi connectivity index (χ3n) is 2.27. The fraction of sp³-hybridized carbons (Fsp3) is 0.636. The fourth-order valence-electron chi connectivity index (χ4n) is 1.23. The van der Waals surface area contributed by atoms with Gasteiger partial charge in [0, 0.05) is 25.6 Å². The maximum atomic E-state index is 11.2. The minimum absolute atomic E-state index is 0.0671. The minimum Gasteiger partial charge on any atom is -0.354 e. The molecule has 90 valence electrons. The molecule has 0 bridgehead atoms. The first-order valence-corrected chi connectivity index (χ1v) is 5.60. The van der Waals surface area contributed by atoms with Crippen LogP contribution in [0.5, 0.6) is 0 Å². The second-order valence-electron chi connectivity index (χ2n) is 3.83. The molecule has 1 aliphatic rings. The SMILES string of the molecule is C=CCNCC(=O)NCCNC(=O)C1CC1. The van der Waals surface area contributed by atoms with Gasteiger partial charge in [-0.25, -0.2) is 0 Å². The predicted molar refractivity (Wildman–Crippen MR) is 61.8 cm³/mol. The highest BCUT2D eigenvalue weighted by Gasteiger charge is 2.28. The molecule has 5 nitrogen and oxygen atoms in total. The zero-order chi connectivity index (χ0) is 11.8. The maximum Gasteiger partial charge on any atom is 0.234 e. The molecule has 0 atom stereocenters. The molecule has 0 aromatic heterocycles. The van der Waals surface area contributed by atoms with E-state index in [-0.39, 0.29) is 24.3 Å². The van der Waals surface area contributed by atoms with E-state index >= 15 is 0 Å². The number of carbonyl (C=O) groups excluding carboxylic acids is 2. The van der Waals surface area contributed by atoms with E-state index in [1.165, 1.54) is 0 Å². The van der Waals surface area contributed by atoms with Crippen LogP contribution in [0.25, 0.3) is 0 Å². The highest BCUT2D eigenvalue weighted by atomic mass is 16.2. The summed E-state index contributed by atoms with van der Waals surface area (Å²) >= 11 is 0. The molecule has 1 saturated carbocycles. The molecule has 1 fully saturated rings. The van der Waals surface area contributed by atoms with E-state index in [1.54, 1.807) is 6.08 Å². The van der Waals surface area contributed by atoms with Gasteiger partial charge in [0.2, 0.25) is 11.8 Å². The standard InChI is InChI=1S/C11H19N3O2/c1-2-5-12-8-10(15)13-6-7-14-11(16)9-3-4-9/h2,9,12H,1,3-8H2,(H,13,15)(H,14,16). The van der Waals surface area contributed by atoms with Gasteiger partial charge in [-0.3, -0.25) is 9.59 Å². The van der Waals surface area contributed by atoms with Crippen LogP contribution in [0, 0.1) is 5.92 Å². The Labute approximate surface area is 95.7 Å². The Balaban J connectivity index is 1.91. The van der Waals surface area contributed by atoms with Crippen LogP contribution in [-0.2, 0) is 9.59 Å². The molecule has 3 N–H and O–H groups in total. The number of hydrogen-bond acceptors (Lipinski definition) is 3. The Bertz CT molecular complexity index is 262. The first-order valence-electron chi connectivity index (χ1n) is 5.60. The van der Waals surface area contributed by atoms with E-state index in [2.05, 4.69) is 22.5 Å². The Morgan fingerprint density at radius 3 is 2.56 bits per heavy atom. The predicted octanol–water partition coefficient (Wildman–Crippen LogP) is -0.596. The number of nitrogens with one attached hydrogen (secondary N) is 3. The van der Waals surface area contributed by atoms with Crippen molar-refractivity contribution in [2.24, 2.45) is 5.92 Å². The molecular formula is C11H19N3O2. The average molecular weight is 225 g/mol. The van der Waals surface area contributed by atoms with Crippen LogP contribution in [0.4, 0.5) is 0 Å². The van der Waals surface area contributed by atoms with Crippen LogP contribution in [0.1, 0.15) is 12.8 Å². The van der Waals surface area contributed by atoms with Gasteiger partial charge in [0.15, 0.2) is 0 Å². The normalized spacial score (nSPS) is 14.2. The highest BCUT2D eigenvalue weighted by Crippen LogP contribution is 2.28. The lowest BCUT2D eigenvalue weighted by Gasteiger charge is -2.06. The molecule has 0 heterocycles. The van der Waals surface area contributed by atoms with Crippen LogP contribution in [0.3, 0.4) is 0 Å². The molecule has 1 rings (SSSR count). The summed E-state index contributed by atoms with van der Waals surface area (Å²) in [5, 5.41) is 8.38. The van der Waals surface area contributed by atoms with Gasteiger partial charge in [-0.2, -0.15) is 0 Å². The first kappa shape index (κ1) is 12.7. The van der Waals surface area contributed by atoms with Crippen molar-refractivity contribution in [1.29, 1.82) is 0 Å². The Morgan fingerprint density at radius 1 is 1.25 bits per heavy atom. The van der Waals surface area contributed by atoms with Crippen molar-refractivity contribution < 1.29 is 9.59 Å². The fourth-order valence-corrected chi connectivity index (χ4v) is 1.23. The average Bonchev–Trinajstić information content (AvgIpc) is 3.08. The summed E-state index contributed by atoms with van der Waals surface area (Å²) in [7, 11) is 0. The Kier molecular flexibility index (Phi) is 5.56. The van der Waals surface area contributed by atoms with Crippen molar-refractivity contribution in [3.8, 4) is 0 Å². The van der Waals surface area contributed by atoms with Gasteiger partial charge >= 0.3 is 0 Å². The van der Waals surface area contributed by atoms with E-state index in [1.807, 2.05) is 0 Å². The van der Waals surface area contributed by atoms with Crippen molar-refractivity contribution in [3.63, 3.8) is 0 Å². The topological polar surface area (TPSA) is 70.2 Å². The van der Waals surface area contributed by atoms with Gasteiger partial charge in [0.05, 0.1) is 6.54 Å². The quantitative estimate of drug-likeness (QED) is 0.382. The summed E-state index contributed by atoms with van der Waals surface area (Å²) in [6, 6.07) is 0. The molecule has 2 amide bonds. The molecule has 0 aliphatic heterocycles. The minimum atomic E-state index is -0.0671. The first-order chi connectivity index (χ1) is 7.74. The molecule has 5 heteroatoms. The van der Waals surface area contributed by atoms with Gasteiger partial charge in [0.1, 0.15) is 0 Å². The van der Waals surface area contributed by atoms with Crippen molar-refractivity contribution in [2.45, 2.75) is 12.8 Å². The van der Waals surface area contributed by atoms with E-state index in [4.69, 9.17) is 0 Å². The smallest absolute Gasteiger partial charge is 0.234 e. The summed E-state index contributed by atoms with van der Waals surface area (Å²) in [5.41, 5.74) is 0. The molecule has 0 radical (unpaired) electrons. The zero-order valence-electron chi connectivity index (χ0n) is 9.42. The second kappa shape index (κ2) is 7.00. The maximum absolute atomic E-state index is 11.2. The molecule has 0 unspecified atom stereocenters. The van der Waals surface area contributed by atoms with Crippen molar-refractivity contribution in [3.05, 3.63) is 12.7 Å². The summed E-state index contributed by atoms with van der Waals surface area (Å²) in [5.74, 6) is 0.270. The monoisotopic (exact) mass is 225 g/mol. The van der Waals surface area contributed by atoms with Crippen molar-refractivity contribution in [2.75, 3.05) is 26.2 Å². The van der Waals surface area contributed by atoms with Gasteiger partial charge in [-0.05, 0) is 12.8 Å². The highest BCUT2D eigenvalue weighted by molar-refractivity contribution is 5.81. The lowest BCUT2D eigenvalue weighted by molar-refractivity contribution is -0.123. The van der Waals surface area contributed by atoms with E-state index in [9.17, 15) is 9.59 Å². The summed E-state index contributed by atoms with van der Waals surface area (Å²) in [6.07, 6.45) is 3.70. The summed E-state index contributed by atoms with van der Waals surface area (Å²) in [6.45, 7) is 5.41. The Morgan fingerprint density at radius 2 is 1.94 bits per heavy atom. The van der Waals surface area contributed by atoms with E-state index < -0.39 is 0 Å². The number of rotatable bonds is 8.